The van der Waals surface area contributed by atoms with Crippen molar-refractivity contribution >= 4 is 40.9 Å². The smallest absolute Gasteiger partial charge is 0.251 e. The second-order valence-electron chi connectivity index (χ2n) is 5.95. The molecule has 1 fully saturated rings. The van der Waals surface area contributed by atoms with Gasteiger partial charge in [0, 0.05) is 27.8 Å². The summed E-state index contributed by atoms with van der Waals surface area (Å²) in [6.45, 7) is 1.37. The van der Waals surface area contributed by atoms with E-state index in [-0.39, 0.29) is 11.9 Å². The molecule has 1 unspecified atom stereocenters. The number of halogens is 2. The summed E-state index contributed by atoms with van der Waals surface area (Å²) in [4.78, 5) is 13.4. The quantitative estimate of drug-likeness (QED) is 0.707. The molecule has 0 aliphatic carbocycles. The van der Waals surface area contributed by atoms with Crippen LogP contribution in [-0.4, -0.2) is 25.2 Å². The Morgan fingerprint density at radius 1 is 1.24 bits per heavy atom. The van der Waals surface area contributed by atoms with Crippen LogP contribution in [0.5, 0.6) is 0 Å². The van der Waals surface area contributed by atoms with E-state index in [1.807, 2.05) is 30.3 Å². The molecule has 0 spiro atoms. The average molecular weight is 396 g/mol. The molecule has 0 radical (unpaired) electrons. The molecule has 6 heteroatoms. The molecule has 1 atom stereocenters. The summed E-state index contributed by atoms with van der Waals surface area (Å²) in [6, 6.07) is 13.2. The van der Waals surface area contributed by atoms with Crippen LogP contribution in [0.3, 0.4) is 0 Å². The van der Waals surface area contributed by atoms with E-state index in [1.54, 1.807) is 23.9 Å². The van der Waals surface area contributed by atoms with Gasteiger partial charge in [-0.3, -0.25) is 4.79 Å². The van der Waals surface area contributed by atoms with Crippen molar-refractivity contribution in [2.45, 2.75) is 29.5 Å². The molecular weight excluding hydrogens is 377 g/mol. The fourth-order valence-electron chi connectivity index (χ4n) is 2.67. The Kier molecular flexibility index (Phi) is 6.65. The molecule has 1 aliphatic heterocycles. The van der Waals surface area contributed by atoms with Crippen molar-refractivity contribution in [3.8, 4) is 0 Å². The van der Waals surface area contributed by atoms with Gasteiger partial charge in [0.25, 0.3) is 5.91 Å². The lowest BCUT2D eigenvalue weighted by Gasteiger charge is -2.23. The van der Waals surface area contributed by atoms with E-state index in [9.17, 15) is 4.79 Å². The predicted molar refractivity (Wildman–Crippen MR) is 104 cm³/mol. The number of hydrogen-bond donors (Lipinski definition) is 1. The molecule has 1 N–H and O–H groups in total. The van der Waals surface area contributed by atoms with E-state index in [2.05, 4.69) is 5.32 Å². The first-order valence-electron chi connectivity index (χ1n) is 8.17. The highest BCUT2D eigenvalue weighted by Gasteiger charge is 2.17. The number of ether oxygens (including phenoxy) is 1. The van der Waals surface area contributed by atoms with E-state index in [1.165, 1.54) is 0 Å². The van der Waals surface area contributed by atoms with Crippen LogP contribution in [0, 0.1) is 0 Å². The monoisotopic (exact) mass is 395 g/mol. The minimum Gasteiger partial charge on any atom is -0.379 e. The molecule has 1 amide bonds. The Hall–Kier alpha value is -1.20. The van der Waals surface area contributed by atoms with Gasteiger partial charge in [-0.05, 0) is 48.7 Å². The summed E-state index contributed by atoms with van der Waals surface area (Å²) in [5, 5.41) is 4.39. The Bertz CT molecular complexity index is 748. The Labute approximate surface area is 162 Å². The van der Waals surface area contributed by atoms with Gasteiger partial charge in [-0.1, -0.05) is 35.3 Å². The molecule has 2 aromatic rings. The topological polar surface area (TPSA) is 38.3 Å². The molecule has 0 aromatic heterocycles. The van der Waals surface area contributed by atoms with Crippen LogP contribution < -0.4 is 5.32 Å². The highest BCUT2D eigenvalue weighted by molar-refractivity contribution is 7.98. The van der Waals surface area contributed by atoms with Crippen molar-refractivity contribution in [1.82, 2.24) is 5.32 Å². The Morgan fingerprint density at radius 3 is 2.92 bits per heavy atom. The number of amides is 1. The lowest BCUT2D eigenvalue weighted by Crippen LogP contribution is -2.40. The van der Waals surface area contributed by atoms with Crippen LogP contribution in [-0.2, 0) is 10.5 Å². The summed E-state index contributed by atoms with van der Waals surface area (Å²) in [5.41, 5.74) is 1.73. The fraction of sp³-hybridized carbons (Fsp3) is 0.316. The van der Waals surface area contributed by atoms with Crippen LogP contribution in [0.4, 0.5) is 0 Å². The molecule has 0 bridgehead atoms. The summed E-state index contributed by atoms with van der Waals surface area (Å²) >= 11 is 13.8. The second kappa shape index (κ2) is 8.95. The van der Waals surface area contributed by atoms with Gasteiger partial charge in [-0.25, -0.2) is 0 Å². The van der Waals surface area contributed by atoms with Gasteiger partial charge >= 0.3 is 0 Å². The maximum atomic E-state index is 12.4. The van der Waals surface area contributed by atoms with Gasteiger partial charge in [-0.15, -0.1) is 11.8 Å². The molecule has 1 heterocycles. The molecule has 1 saturated heterocycles. The fourth-order valence-corrected chi connectivity index (χ4v) is 4.11. The third-order valence-electron chi connectivity index (χ3n) is 3.97. The van der Waals surface area contributed by atoms with Crippen LogP contribution in [0.15, 0.2) is 47.4 Å². The van der Waals surface area contributed by atoms with Gasteiger partial charge in [0.15, 0.2) is 0 Å². The zero-order valence-corrected chi connectivity index (χ0v) is 16.0. The molecule has 3 nitrogen and oxygen atoms in total. The molecular formula is C19H19Cl2NO2S. The van der Waals surface area contributed by atoms with Crippen molar-refractivity contribution in [3.05, 3.63) is 63.6 Å². The van der Waals surface area contributed by atoms with E-state index in [0.717, 1.165) is 29.9 Å². The van der Waals surface area contributed by atoms with Crippen molar-refractivity contribution < 1.29 is 9.53 Å². The van der Waals surface area contributed by atoms with Crippen LogP contribution in [0.2, 0.25) is 10.0 Å². The maximum Gasteiger partial charge on any atom is 0.251 e. The van der Waals surface area contributed by atoms with E-state index >= 15 is 0 Å². The number of benzene rings is 2. The van der Waals surface area contributed by atoms with Gasteiger partial charge in [0.05, 0.1) is 17.7 Å². The number of rotatable bonds is 5. The zero-order chi connectivity index (χ0) is 17.6. The van der Waals surface area contributed by atoms with Gasteiger partial charge < -0.3 is 10.1 Å². The predicted octanol–water partition coefficient (Wildman–Crippen LogP) is 5.19. The number of carbonyl (C=O) groups is 1. The van der Waals surface area contributed by atoms with Crippen molar-refractivity contribution in [1.29, 1.82) is 0 Å². The summed E-state index contributed by atoms with van der Waals surface area (Å²) in [7, 11) is 0. The van der Waals surface area contributed by atoms with Gasteiger partial charge in [-0.2, -0.15) is 0 Å². The van der Waals surface area contributed by atoms with Crippen molar-refractivity contribution in [2.75, 3.05) is 13.2 Å². The first-order valence-corrected chi connectivity index (χ1v) is 9.91. The van der Waals surface area contributed by atoms with Crippen LogP contribution in [0.25, 0.3) is 0 Å². The molecule has 1 aliphatic rings. The highest BCUT2D eigenvalue weighted by Crippen LogP contribution is 2.32. The second-order valence-corrected chi connectivity index (χ2v) is 7.81. The molecule has 0 saturated carbocycles. The molecule has 132 valence electrons. The first-order chi connectivity index (χ1) is 12.1. The van der Waals surface area contributed by atoms with Crippen LogP contribution >= 0.6 is 35.0 Å². The molecule has 25 heavy (non-hydrogen) atoms. The average Bonchev–Trinajstić information content (AvgIpc) is 2.63. The third-order valence-corrected chi connectivity index (χ3v) is 5.78. The van der Waals surface area contributed by atoms with Crippen LogP contribution in [0.1, 0.15) is 28.8 Å². The Morgan fingerprint density at radius 2 is 2.12 bits per heavy atom. The van der Waals surface area contributed by atoms with Crippen molar-refractivity contribution in [2.24, 2.45) is 0 Å². The minimum atomic E-state index is -0.0527. The lowest BCUT2D eigenvalue weighted by atomic mass is 10.1. The molecule has 3 rings (SSSR count). The maximum absolute atomic E-state index is 12.4. The van der Waals surface area contributed by atoms with E-state index in [0.29, 0.717) is 28.0 Å². The van der Waals surface area contributed by atoms with E-state index in [4.69, 9.17) is 27.9 Å². The minimum absolute atomic E-state index is 0.0527. The number of carbonyl (C=O) groups excluding carboxylic acids is 1. The van der Waals surface area contributed by atoms with Crippen molar-refractivity contribution in [3.63, 3.8) is 0 Å². The number of hydrogen-bond acceptors (Lipinski definition) is 3. The van der Waals surface area contributed by atoms with Gasteiger partial charge in [0.1, 0.15) is 0 Å². The number of nitrogens with one attached hydrogen (secondary N) is 1. The lowest BCUT2D eigenvalue weighted by molar-refractivity contribution is 0.0624. The summed E-state index contributed by atoms with van der Waals surface area (Å²) in [5.74, 6) is 0.663. The first kappa shape index (κ1) is 18.6. The van der Waals surface area contributed by atoms with Gasteiger partial charge in [0.2, 0.25) is 0 Å². The third kappa shape index (κ3) is 5.38. The highest BCUT2D eigenvalue weighted by atomic mass is 35.5. The largest absolute Gasteiger partial charge is 0.379 e. The SMILES string of the molecule is O=C(NC1CCCOC1)c1cccc(CSc2cc(Cl)ccc2Cl)c1. The summed E-state index contributed by atoms with van der Waals surface area (Å²) < 4.78 is 5.41. The normalized spacial score (nSPS) is 17.3. The standard InChI is InChI=1S/C19H19Cl2NO2S/c20-15-6-7-17(21)18(10-15)25-12-13-3-1-4-14(9-13)19(23)22-16-5-2-8-24-11-16/h1,3-4,6-7,9-10,16H,2,5,8,11-12H2,(H,22,23). The zero-order valence-electron chi connectivity index (χ0n) is 13.6. The van der Waals surface area contributed by atoms with E-state index < -0.39 is 0 Å². The Balaban J connectivity index is 1.62. The molecule has 2 aromatic carbocycles. The number of thioether (sulfide) groups is 1. The summed E-state index contributed by atoms with van der Waals surface area (Å²) in [6.07, 6.45) is 1.95.